The van der Waals surface area contributed by atoms with Crippen molar-refractivity contribution < 1.29 is 24.0 Å². The van der Waals surface area contributed by atoms with E-state index in [0.29, 0.717) is 17.8 Å². The molecule has 4 aliphatic carbocycles. The second-order valence-electron chi connectivity index (χ2n) is 6.31. The van der Waals surface area contributed by atoms with Crippen LogP contribution >= 0.6 is 0 Å². The molecular formula is C13H21LiO. The minimum atomic E-state index is -0.548. The third-order valence-corrected chi connectivity index (χ3v) is 5.32. The molecule has 0 aliphatic heterocycles. The van der Waals surface area contributed by atoms with Gasteiger partial charge in [-0.05, 0) is 43.9 Å². The summed E-state index contributed by atoms with van der Waals surface area (Å²) in [5, 5.41) is 12.9. The van der Waals surface area contributed by atoms with Crippen molar-refractivity contribution in [2.75, 3.05) is 0 Å². The topological polar surface area (TPSA) is 23.1 Å². The molecule has 0 aromatic rings. The maximum atomic E-state index is 12.9. The van der Waals surface area contributed by atoms with Gasteiger partial charge in [0.15, 0.2) is 0 Å². The van der Waals surface area contributed by atoms with Gasteiger partial charge in [0.05, 0.1) is 0 Å². The molecule has 4 bridgehead atoms. The number of hydrogen-bond donors (Lipinski definition) is 0. The molecule has 4 rings (SSSR count). The Balaban J connectivity index is 0.000000853. The van der Waals surface area contributed by atoms with E-state index < -0.39 is 5.60 Å². The summed E-state index contributed by atoms with van der Waals surface area (Å²) < 4.78 is 0. The molecule has 0 unspecified atom stereocenters. The van der Waals surface area contributed by atoms with E-state index in [2.05, 4.69) is 13.8 Å². The summed E-state index contributed by atoms with van der Waals surface area (Å²) in [4.78, 5) is 0. The summed E-state index contributed by atoms with van der Waals surface area (Å²) in [5.74, 6) is 3.26. The van der Waals surface area contributed by atoms with E-state index in [1.54, 1.807) is 0 Å². The van der Waals surface area contributed by atoms with E-state index in [1.165, 1.54) is 32.1 Å². The second kappa shape index (κ2) is 3.79. The molecule has 0 heterocycles. The van der Waals surface area contributed by atoms with Crippen molar-refractivity contribution in [3.8, 4) is 0 Å². The van der Waals surface area contributed by atoms with Crippen molar-refractivity contribution in [1.82, 2.24) is 0 Å². The predicted molar refractivity (Wildman–Crippen MR) is 54.6 cm³/mol. The molecule has 4 fully saturated rings. The zero-order valence-corrected chi connectivity index (χ0v) is 10.3. The van der Waals surface area contributed by atoms with E-state index in [-0.39, 0.29) is 18.9 Å². The molecule has 4 aliphatic rings. The first-order valence-electron chi connectivity index (χ1n) is 6.31. The van der Waals surface area contributed by atoms with Gasteiger partial charge < -0.3 is 5.11 Å². The fourth-order valence-electron chi connectivity index (χ4n) is 4.86. The Bertz CT molecular complexity index is 221. The Kier molecular flexibility index (Phi) is 3.04. The molecule has 15 heavy (non-hydrogen) atoms. The predicted octanol–water partition coefficient (Wildman–Crippen LogP) is -0.798. The third-order valence-electron chi connectivity index (χ3n) is 5.32. The van der Waals surface area contributed by atoms with E-state index in [9.17, 15) is 5.11 Å². The van der Waals surface area contributed by atoms with Crippen LogP contribution in [0.1, 0.15) is 46.0 Å². The first-order chi connectivity index (χ1) is 6.60. The van der Waals surface area contributed by atoms with Crippen molar-refractivity contribution in [2.45, 2.75) is 51.6 Å². The zero-order chi connectivity index (χ0) is 9.92. The van der Waals surface area contributed by atoms with Gasteiger partial charge in [0.1, 0.15) is 0 Å². The molecule has 0 atom stereocenters. The van der Waals surface area contributed by atoms with Crippen LogP contribution in [0.2, 0.25) is 0 Å². The van der Waals surface area contributed by atoms with Gasteiger partial charge in [-0.1, -0.05) is 31.6 Å². The summed E-state index contributed by atoms with van der Waals surface area (Å²) in [6.07, 6.45) is 6.48. The van der Waals surface area contributed by atoms with Crippen LogP contribution in [0.25, 0.3) is 0 Å². The first kappa shape index (κ1) is 12.0. The largest absolute Gasteiger partial charge is 1.00 e. The average molecular weight is 200 g/mol. The first-order valence-corrected chi connectivity index (χ1v) is 6.31. The summed E-state index contributed by atoms with van der Waals surface area (Å²) in [6.45, 7) is 4.30. The van der Waals surface area contributed by atoms with Crippen molar-refractivity contribution in [1.29, 1.82) is 0 Å². The van der Waals surface area contributed by atoms with Crippen molar-refractivity contribution in [2.24, 2.45) is 29.6 Å². The standard InChI is InChI=1S/C13H21O.Li/c1-8(2)13(14)11-4-9-3-10(6-11)7-12(13)5-9;/h8-12H,3-7H2,1-2H3;/q-1;+1. The van der Waals surface area contributed by atoms with Crippen molar-refractivity contribution in [3.05, 3.63) is 0 Å². The molecular weight excluding hydrogens is 179 g/mol. The smallest absolute Gasteiger partial charge is 0.849 e. The van der Waals surface area contributed by atoms with E-state index in [1.807, 2.05) is 0 Å². The Morgan fingerprint density at radius 1 is 0.933 bits per heavy atom. The van der Waals surface area contributed by atoms with Crippen LogP contribution in [0.5, 0.6) is 0 Å². The molecule has 0 spiro atoms. The van der Waals surface area contributed by atoms with Gasteiger partial charge in [-0.2, -0.15) is 0 Å². The zero-order valence-electron chi connectivity index (χ0n) is 10.3. The molecule has 0 N–H and O–H groups in total. The quantitative estimate of drug-likeness (QED) is 0.508. The monoisotopic (exact) mass is 200 g/mol. The van der Waals surface area contributed by atoms with Gasteiger partial charge in [-0.25, -0.2) is 0 Å². The molecule has 0 amide bonds. The van der Waals surface area contributed by atoms with Gasteiger partial charge in [0.25, 0.3) is 0 Å². The van der Waals surface area contributed by atoms with E-state index in [0.717, 1.165) is 11.8 Å². The van der Waals surface area contributed by atoms with Crippen LogP contribution in [0.4, 0.5) is 0 Å². The van der Waals surface area contributed by atoms with E-state index in [4.69, 9.17) is 0 Å². The molecule has 0 radical (unpaired) electrons. The second-order valence-corrected chi connectivity index (χ2v) is 6.31. The van der Waals surface area contributed by atoms with Gasteiger partial charge in [-0.15, -0.1) is 5.60 Å². The Hall–Kier alpha value is 0.557. The average Bonchev–Trinajstić information content (AvgIpc) is 2.12. The van der Waals surface area contributed by atoms with Gasteiger partial charge in [0, 0.05) is 0 Å². The van der Waals surface area contributed by atoms with Crippen LogP contribution in [0.15, 0.2) is 0 Å². The van der Waals surface area contributed by atoms with Crippen molar-refractivity contribution >= 4 is 0 Å². The molecule has 0 saturated heterocycles. The van der Waals surface area contributed by atoms with Crippen LogP contribution in [-0.4, -0.2) is 5.60 Å². The number of rotatable bonds is 1. The fourth-order valence-corrected chi connectivity index (χ4v) is 4.86. The van der Waals surface area contributed by atoms with Gasteiger partial charge in [-0.3, -0.25) is 0 Å². The van der Waals surface area contributed by atoms with Crippen molar-refractivity contribution in [3.63, 3.8) is 0 Å². The fraction of sp³-hybridized carbons (Fsp3) is 1.00. The van der Waals surface area contributed by atoms with Gasteiger partial charge in [0.2, 0.25) is 0 Å². The summed E-state index contributed by atoms with van der Waals surface area (Å²) >= 11 is 0. The summed E-state index contributed by atoms with van der Waals surface area (Å²) in [6, 6.07) is 0. The maximum Gasteiger partial charge on any atom is 1.00 e. The minimum Gasteiger partial charge on any atom is -0.849 e. The Morgan fingerprint density at radius 2 is 1.33 bits per heavy atom. The van der Waals surface area contributed by atoms with Crippen LogP contribution in [0.3, 0.4) is 0 Å². The maximum absolute atomic E-state index is 12.9. The SMILES string of the molecule is CC(C)C1([O-])C2CC3CC(C2)CC1C3.[Li+]. The van der Waals surface area contributed by atoms with Crippen LogP contribution in [0, 0.1) is 29.6 Å². The van der Waals surface area contributed by atoms with E-state index >= 15 is 0 Å². The van der Waals surface area contributed by atoms with Gasteiger partial charge >= 0.3 is 18.9 Å². The third kappa shape index (κ3) is 1.54. The molecule has 4 saturated carbocycles. The number of hydrogen-bond acceptors (Lipinski definition) is 1. The molecule has 1 nitrogen and oxygen atoms in total. The summed E-state index contributed by atoms with van der Waals surface area (Å²) in [5.41, 5.74) is -0.548. The molecule has 80 valence electrons. The molecule has 0 aromatic heterocycles. The Morgan fingerprint density at radius 3 is 1.67 bits per heavy atom. The molecule has 0 aromatic carbocycles. The Labute approximate surface area is 105 Å². The summed E-state index contributed by atoms with van der Waals surface area (Å²) in [7, 11) is 0. The van der Waals surface area contributed by atoms with Crippen LogP contribution in [-0.2, 0) is 0 Å². The van der Waals surface area contributed by atoms with Crippen LogP contribution < -0.4 is 24.0 Å². The minimum absolute atomic E-state index is 0. The normalized spacial score (nSPS) is 52.0. The molecule has 2 heteroatoms.